The van der Waals surface area contributed by atoms with Gasteiger partial charge in [0.15, 0.2) is 5.82 Å². The van der Waals surface area contributed by atoms with Crippen LogP contribution in [0.15, 0.2) is 10.6 Å². The van der Waals surface area contributed by atoms with Gasteiger partial charge < -0.3 is 14.0 Å². The SMILES string of the molecule is Cc1cc(CC(=O)N2Cc3nnc(C)n3[C@@H](C)C2)on1. The van der Waals surface area contributed by atoms with Crippen LogP contribution < -0.4 is 0 Å². The first-order chi connectivity index (χ1) is 9.54. The zero-order valence-corrected chi connectivity index (χ0v) is 11.8. The lowest BCUT2D eigenvalue weighted by Gasteiger charge is -2.32. The molecule has 0 saturated heterocycles. The summed E-state index contributed by atoms with van der Waals surface area (Å²) in [6.07, 6.45) is 0.237. The molecule has 106 valence electrons. The smallest absolute Gasteiger partial charge is 0.230 e. The molecule has 0 unspecified atom stereocenters. The van der Waals surface area contributed by atoms with Crippen molar-refractivity contribution in [3.8, 4) is 0 Å². The number of carbonyl (C=O) groups excluding carboxylic acids is 1. The summed E-state index contributed by atoms with van der Waals surface area (Å²) >= 11 is 0. The second-order valence-corrected chi connectivity index (χ2v) is 5.27. The maximum absolute atomic E-state index is 12.3. The monoisotopic (exact) mass is 275 g/mol. The Morgan fingerprint density at radius 3 is 2.95 bits per heavy atom. The third kappa shape index (κ3) is 2.19. The predicted molar refractivity (Wildman–Crippen MR) is 69.8 cm³/mol. The first kappa shape index (κ1) is 12.8. The van der Waals surface area contributed by atoms with Crippen LogP contribution in [0.3, 0.4) is 0 Å². The minimum atomic E-state index is 0.0277. The number of rotatable bonds is 2. The Kier molecular flexibility index (Phi) is 3.04. The summed E-state index contributed by atoms with van der Waals surface area (Å²) in [6, 6.07) is 1.98. The van der Waals surface area contributed by atoms with Crippen molar-refractivity contribution in [1.82, 2.24) is 24.8 Å². The number of hydrogen-bond donors (Lipinski definition) is 0. The predicted octanol–water partition coefficient (Wildman–Crippen LogP) is 1.03. The van der Waals surface area contributed by atoms with E-state index in [0.717, 1.165) is 17.3 Å². The molecule has 0 radical (unpaired) electrons. The van der Waals surface area contributed by atoms with Crippen molar-refractivity contribution in [3.63, 3.8) is 0 Å². The number of aromatic nitrogens is 4. The standard InChI is InChI=1S/C13H17N5O2/c1-8-4-11(20-16-8)5-13(19)17-6-9(2)18-10(3)14-15-12(18)7-17/h4,9H,5-7H2,1-3H3/t9-/m0/s1. The van der Waals surface area contributed by atoms with Crippen LogP contribution in [0.25, 0.3) is 0 Å². The summed E-state index contributed by atoms with van der Waals surface area (Å²) in [5, 5.41) is 12.0. The van der Waals surface area contributed by atoms with Crippen molar-refractivity contribution < 1.29 is 9.32 Å². The van der Waals surface area contributed by atoms with Crippen molar-refractivity contribution in [2.75, 3.05) is 6.54 Å². The van der Waals surface area contributed by atoms with Crippen molar-refractivity contribution in [2.45, 2.75) is 39.8 Å². The second-order valence-electron chi connectivity index (χ2n) is 5.27. The average molecular weight is 275 g/mol. The quantitative estimate of drug-likeness (QED) is 0.818. The van der Waals surface area contributed by atoms with Gasteiger partial charge in [-0.3, -0.25) is 4.79 Å². The van der Waals surface area contributed by atoms with E-state index in [0.29, 0.717) is 18.8 Å². The Balaban J connectivity index is 1.74. The van der Waals surface area contributed by atoms with E-state index >= 15 is 0 Å². The van der Waals surface area contributed by atoms with Gasteiger partial charge >= 0.3 is 0 Å². The lowest BCUT2D eigenvalue weighted by atomic mass is 10.2. The number of carbonyl (C=O) groups is 1. The Hall–Kier alpha value is -2.18. The largest absolute Gasteiger partial charge is 0.361 e. The Morgan fingerprint density at radius 1 is 1.45 bits per heavy atom. The third-order valence-corrected chi connectivity index (χ3v) is 3.55. The molecule has 3 heterocycles. The van der Waals surface area contributed by atoms with Crippen molar-refractivity contribution >= 4 is 5.91 Å². The first-order valence-corrected chi connectivity index (χ1v) is 6.65. The van der Waals surface area contributed by atoms with Crippen LogP contribution in [0.4, 0.5) is 0 Å². The summed E-state index contributed by atoms with van der Waals surface area (Å²) in [7, 11) is 0. The van der Waals surface area contributed by atoms with Crippen LogP contribution in [0.5, 0.6) is 0 Å². The summed E-state index contributed by atoms with van der Waals surface area (Å²) in [6.45, 7) is 7.00. The van der Waals surface area contributed by atoms with E-state index in [1.807, 2.05) is 13.8 Å². The van der Waals surface area contributed by atoms with Crippen LogP contribution in [0, 0.1) is 13.8 Å². The van der Waals surface area contributed by atoms with E-state index in [4.69, 9.17) is 4.52 Å². The summed E-state index contributed by atoms with van der Waals surface area (Å²) in [5.41, 5.74) is 0.787. The van der Waals surface area contributed by atoms with E-state index < -0.39 is 0 Å². The highest BCUT2D eigenvalue weighted by atomic mass is 16.5. The molecule has 0 fully saturated rings. The molecule has 3 rings (SSSR count). The van der Waals surface area contributed by atoms with Crippen molar-refractivity contribution in [2.24, 2.45) is 0 Å². The lowest BCUT2D eigenvalue weighted by molar-refractivity contribution is -0.132. The number of amides is 1. The summed E-state index contributed by atoms with van der Waals surface area (Å²) in [4.78, 5) is 14.1. The fourth-order valence-corrected chi connectivity index (χ4v) is 2.68. The molecule has 0 spiro atoms. The first-order valence-electron chi connectivity index (χ1n) is 6.65. The van der Waals surface area contributed by atoms with Gasteiger partial charge in [0.2, 0.25) is 5.91 Å². The van der Waals surface area contributed by atoms with Gasteiger partial charge in [-0.25, -0.2) is 0 Å². The lowest BCUT2D eigenvalue weighted by Crippen LogP contribution is -2.41. The Bertz CT molecular complexity index is 645. The molecule has 7 heteroatoms. The van der Waals surface area contributed by atoms with Crippen molar-refractivity contribution in [1.29, 1.82) is 0 Å². The minimum absolute atomic E-state index is 0.0277. The molecule has 0 N–H and O–H groups in total. The van der Waals surface area contributed by atoms with Gasteiger partial charge in [-0.1, -0.05) is 5.16 Å². The van der Waals surface area contributed by atoms with E-state index in [2.05, 4.69) is 26.8 Å². The van der Waals surface area contributed by atoms with Crippen LogP contribution in [-0.2, 0) is 17.8 Å². The average Bonchev–Trinajstić information content (AvgIpc) is 2.96. The number of fused-ring (bicyclic) bond motifs is 1. The van der Waals surface area contributed by atoms with E-state index in [9.17, 15) is 4.79 Å². The van der Waals surface area contributed by atoms with E-state index in [-0.39, 0.29) is 18.4 Å². The summed E-state index contributed by atoms with van der Waals surface area (Å²) in [5.74, 6) is 2.36. The zero-order valence-electron chi connectivity index (χ0n) is 11.8. The van der Waals surface area contributed by atoms with Crippen LogP contribution in [0.1, 0.15) is 36.1 Å². The maximum atomic E-state index is 12.3. The van der Waals surface area contributed by atoms with Crippen LogP contribution >= 0.6 is 0 Å². The topological polar surface area (TPSA) is 77.0 Å². The Labute approximate surface area is 116 Å². The van der Waals surface area contributed by atoms with E-state index in [1.54, 1.807) is 11.0 Å². The third-order valence-electron chi connectivity index (χ3n) is 3.55. The number of hydrogen-bond acceptors (Lipinski definition) is 5. The van der Waals surface area contributed by atoms with Gasteiger partial charge in [-0.15, -0.1) is 10.2 Å². The maximum Gasteiger partial charge on any atom is 0.230 e. The highest BCUT2D eigenvalue weighted by molar-refractivity contribution is 5.78. The molecular formula is C13H17N5O2. The van der Waals surface area contributed by atoms with Crippen LogP contribution in [-0.4, -0.2) is 37.3 Å². The molecule has 1 amide bonds. The molecule has 1 aliphatic rings. The van der Waals surface area contributed by atoms with Gasteiger partial charge in [0.1, 0.15) is 11.6 Å². The van der Waals surface area contributed by atoms with E-state index in [1.165, 1.54) is 0 Å². The van der Waals surface area contributed by atoms with Gasteiger partial charge in [-0.2, -0.15) is 0 Å². The molecule has 0 aromatic carbocycles. The molecule has 20 heavy (non-hydrogen) atoms. The Morgan fingerprint density at radius 2 is 2.25 bits per heavy atom. The number of nitrogens with zero attached hydrogens (tertiary/aromatic N) is 5. The molecular weight excluding hydrogens is 258 g/mol. The molecule has 7 nitrogen and oxygen atoms in total. The van der Waals surface area contributed by atoms with Gasteiger partial charge in [0.25, 0.3) is 0 Å². The molecule has 2 aromatic rings. The zero-order chi connectivity index (χ0) is 14.3. The molecule has 0 saturated carbocycles. The van der Waals surface area contributed by atoms with Gasteiger partial charge in [0.05, 0.1) is 24.7 Å². The number of aryl methyl sites for hydroxylation is 2. The minimum Gasteiger partial charge on any atom is -0.361 e. The highest BCUT2D eigenvalue weighted by Gasteiger charge is 2.28. The fraction of sp³-hybridized carbons (Fsp3) is 0.538. The highest BCUT2D eigenvalue weighted by Crippen LogP contribution is 2.21. The summed E-state index contributed by atoms with van der Waals surface area (Å²) < 4.78 is 7.18. The van der Waals surface area contributed by atoms with Gasteiger partial charge in [-0.05, 0) is 20.8 Å². The molecule has 1 aliphatic heterocycles. The fourth-order valence-electron chi connectivity index (χ4n) is 2.68. The molecule has 0 aliphatic carbocycles. The molecule has 0 bridgehead atoms. The molecule has 1 atom stereocenters. The normalized spacial score (nSPS) is 18.1. The van der Waals surface area contributed by atoms with Crippen LogP contribution in [0.2, 0.25) is 0 Å². The van der Waals surface area contributed by atoms with Crippen molar-refractivity contribution in [3.05, 3.63) is 29.2 Å². The molecule has 2 aromatic heterocycles. The van der Waals surface area contributed by atoms with Gasteiger partial charge in [0, 0.05) is 12.6 Å². The second kappa shape index (κ2) is 4.73.